The summed E-state index contributed by atoms with van der Waals surface area (Å²) in [5, 5.41) is 10.4. The van der Waals surface area contributed by atoms with E-state index in [1.807, 2.05) is 7.05 Å². The first-order valence-electron chi connectivity index (χ1n) is 8.50. The zero-order valence-corrected chi connectivity index (χ0v) is 17.9. The molecule has 1 aromatic rings. The Morgan fingerprint density at radius 2 is 2.04 bits per heavy atom. The molecule has 0 aliphatic heterocycles. The van der Waals surface area contributed by atoms with E-state index in [0.29, 0.717) is 12.0 Å². The molecule has 1 saturated carbocycles. The molecule has 0 atom stereocenters. The average Bonchev–Trinajstić information content (AvgIpc) is 2.97. The second kappa shape index (κ2) is 10.5. The van der Waals surface area contributed by atoms with Crippen LogP contribution < -0.4 is 10.6 Å². The molecule has 0 radical (unpaired) electrons. The normalized spacial score (nSPS) is 21.9. The highest BCUT2D eigenvalue weighted by atomic mass is 127. The molecule has 4 nitrogen and oxygen atoms in total. The number of aromatic nitrogens is 1. The maximum Gasteiger partial charge on any atom is 0.191 e. The molecule has 0 bridgehead atoms. The summed E-state index contributed by atoms with van der Waals surface area (Å²) in [4.78, 5) is 9.02. The van der Waals surface area contributed by atoms with Gasteiger partial charge in [0.15, 0.2) is 5.96 Å². The topological polar surface area (TPSA) is 49.3 Å². The molecule has 0 aromatic carbocycles. The van der Waals surface area contributed by atoms with Crippen molar-refractivity contribution in [1.82, 2.24) is 15.6 Å². The Morgan fingerprint density at radius 3 is 2.61 bits per heavy atom. The lowest BCUT2D eigenvalue weighted by atomic mass is 9.87. The fraction of sp³-hybridized carbons (Fsp3) is 0.765. The smallest absolute Gasteiger partial charge is 0.191 e. The zero-order chi connectivity index (χ0) is 15.9. The van der Waals surface area contributed by atoms with Gasteiger partial charge in [-0.15, -0.1) is 35.3 Å². The number of aliphatic imine (C=N–C) groups is 1. The second-order valence-electron chi connectivity index (χ2n) is 6.68. The summed E-state index contributed by atoms with van der Waals surface area (Å²) in [7, 11) is 1.85. The van der Waals surface area contributed by atoms with Gasteiger partial charge >= 0.3 is 0 Å². The average molecular weight is 450 g/mol. The van der Waals surface area contributed by atoms with Crippen LogP contribution in [0.25, 0.3) is 0 Å². The van der Waals surface area contributed by atoms with Gasteiger partial charge in [-0.1, -0.05) is 20.8 Å². The molecule has 0 unspecified atom stereocenters. The standard InChI is InChI=1S/C17H30N4S.HI/c1-12(2)16-20-15(11-22-16)9-10-19-17(18-4)21-14-7-5-13(3)6-8-14;/h11-14H,5-10H2,1-4H3,(H2,18,19,21);1H. The molecular weight excluding hydrogens is 419 g/mol. The van der Waals surface area contributed by atoms with E-state index >= 15 is 0 Å². The summed E-state index contributed by atoms with van der Waals surface area (Å²) >= 11 is 1.77. The molecule has 0 spiro atoms. The number of guanidine groups is 1. The maximum atomic E-state index is 4.67. The van der Waals surface area contributed by atoms with Crippen molar-refractivity contribution in [3.63, 3.8) is 0 Å². The molecule has 0 amide bonds. The molecule has 6 heteroatoms. The second-order valence-corrected chi connectivity index (χ2v) is 7.57. The highest BCUT2D eigenvalue weighted by Gasteiger charge is 2.18. The summed E-state index contributed by atoms with van der Waals surface area (Å²) in [5.41, 5.74) is 1.18. The Balaban J connectivity index is 0.00000264. The summed E-state index contributed by atoms with van der Waals surface area (Å²) < 4.78 is 0. The van der Waals surface area contributed by atoms with E-state index in [9.17, 15) is 0 Å². The first-order chi connectivity index (χ1) is 10.6. The Bertz CT molecular complexity index is 479. The van der Waals surface area contributed by atoms with E-state index in [-0.39, 0.29) is 24.0 Å². The Hall–Kier alpha value is -0.370. The number of hydrogen-bond donors (Lipinski definition) is 2. The van der Waals surface area contributed by atoms with Crippen LogP contribution in [-0.4, -0.2) is 30.6 Å². The quantitative estimate of drug-likeness (QED) is 0.402. The van der Waals surface area contributed by atoms with Crippen molar-refractivity contribution in [2.75, 3.05) is 13.6 Å². The lowest BCUT2D eigenvalue weighted by Crippen LogP contribution is -2.45. The molecular formula is C17H31IN4S. The third kappa shape index (κ3) is 6.95. The predicted molar refractivity (Wildman–Crippen MR) is 111 cm³/mol. The van der Waals surface area contributed by atoms with Crippen molar-refractivity contribution in [2.24, 2.45) is 10.9 Å². The van der Waals surface area contributed by atoms with Crippen LogP contribution in [0, 0.1) is 5.92 Å². The summed E-state index contributed by atoms with van der Waals surface area (Å²) in [6, 6.07) is 0.578. The molecule has 132 valence electrons. The van der Waals surface area contributed by atoms with Gasteiger partial charge in [-0.25, -0.2) is 4.98 Å². The van der Waals surface area contributed by atoms with Crippen LogP contribution in [0.15, 0.2) is 10.4 Å². The highest BCUT2D eigenvalue weighted by Crippen LogP contribution is 2.23. The molecule has 1 aromatic heterocycles. The van der Waals surface area contributed by atoms with E-state index in [1.54, 1.807) is 11.3 Å². The molecule has 23 heavy (non-hydrogen) atoms. The van der Waals surface area contributed by atoms with Crippen LogP contribution in [0.5, 0.6) is 0 Å². The van der Waals surface area contributed by atoms with Crippen LogP contribution in [0.1, 0.15) is 63.1 Å². The number of halogens is 1. The summed E-state index contributed by atoms with van der Waals surface area (Å²) in [6.07, 6.45) is 6.11. The van der Waals surface area contributed by atoms with E-state index in [0.717, 1.165) is 24.8 Å². The lowest BCUT2D eigenvalue weighted by molar-refractivity contribution is 0.329. The fourth-order valence-electron chi connectivity index (χ4n) is 2.80. The van der Waals surface area contributed by atoms with Gasteiger partial charge in [0.2, 0.25) is 0 Å². The van der Waals surface area contributed by atoms with Gasteiger partial charge in [0.25, 0.3) is 0 Å². The molecule has 1 fully saturated rings. The lowest BCUT2D eigenvalue weighted by Gasteiger charge is -2.28. The number of rotatable bonds is 5. The molecule has 1 heterocycles. The Labute approximate surface area is 162 Å². The van der Waals surface area contributed by atoms with Crippen LogP contribution >= 0.6 is 35.3 Å². The molecule has 1 aliphatic rings. The van der Waals surface area contributed by atoms with Gasteiger partial charge < -0.3 is 10.6 Å². The predicted octanol–water partition coefficient (Wildman–Crippen LogP) is 4.17. The number of hydrogen-bond acceptors (Lipinski definition) is 3. The maximum absolute atomic E-state index is 4.67. The van der Waals surface area contributed by atoms with Gasteiger partial charge in [-0.2, -0.15) is 0 Å². The third-order valence-electron chi connectivity index (χ3n) is 4.32. The SMILES string of the molecule is CN=C(NCCc1csc(C(C)C)n1)NC1CCC(C)CC1.I. The number of nitrogens with one attached hydrogen (secondary N) is 2. The molecule has 1 aliphatic carbocycles. The third-order valence-corrected chi connectivity index (χ3v) is 5.51. The van der Waals surface area contributed by atoms with Gasteiger partial charge in [-0.3, -0.25) is 4.99 Å². The monoisotopic (exact) mass is 450 g/mol. The van der Waals surface area contributed by atoms with Crippen LogP contribution in [0.2, 0.25) is 0 Å². The summed E-state index contributed by atoms with van der Waals surface area (Å²) in [6.45, 7) is 7.61. The zero-order valence-electron chi connectivity index (χ0n) is 14.8. The minimum absolute atomic E-state index is 0. The molecule has 0 saturated heterocycles. The van der Waals surface area contributed by atoms with Gasteiger partial charge in [-0.05, 0) is 31.6 Å². The number of thiazole rings is 1. The van der Waals surface area contributed by atoms with E-state index in [1.165, 1.54) is 36.4 Å². The largest absolute Gasteiger partial charge is 0.356 e. The minimum Gasteiger partial charge on any atom is -0.356 e. The first-order valence-corrected chi connectivity index (χ1v) is 9.38. The van der Waals surface area contributed by atoms with Crippen LogP contribution in [0.3, 0.4) is 0 Å². The molecule has 2 N–H and O–H groups in total. The van der Waals surface area contributed by atoms with Crippen molar-refractivity contribution >= 4 is 41.3 Å². The van der Waals surface area contributed by atoms with E-state index < -0.39 is 0 Å². The fourth-order valence-corrected chi connectivity index (χ4v) is 3.67. The van der Waals surface area contributed by atoms with Gasteiger partial charge in [0, 0.05) is 37.4 Å². The van der Waals surface area contributed by atoms with Crippen molar-refractivity contribution < 1.29 is 0 Å². The molecule has 2 rings (SSSR count). The Kier molecular flexibility index (Phi) is 9.43. The highest BCUT2D eigenvalue weighted by molar-refractivity contribution is 14.0. The van der Waals surface area contributed by atoms with Crippen LogP contribution in [-0.2, 0) is 6.42 Å². The Morgan fingerprint density at radius 1 is 1.35 bits per heavy atom. The van der Waals surface area contributed by atoms with Crippen molar-refractivity contribution in [2.45, 2.75) is 64.8 Å². The van der Waals surface area contributed by atoms with Crippen molar-refractivity contribution in [3.8, 4) is 0 Å². The van der Waals surface area contributed by atoms with Crippen molar-refractivity contribution in [3.05, 3.63) is 16.1 Å². The van der Waals surface area contributed by atoms with Crippen molar-refractivity contribution in [1.29, 1.82) is 0 Å². The van der Waals surface area contributed by atoms with Gasteiger partial charge in [0.05, 0.1) is 10.7 Å². The summed E-state index contributed by atoms with van der Waals surface area (Å²) in [5.74, 6) is 2.33. The van der Waals surface area contributed by atoms with Crippen LogP contribution in [0.4, 0.5) is 0 Å². The van der Waals surface area contributed by atoms with Gasteiger partial charge in [0.1, 0.15) is 0 Å². The van der Waals surface area contributed by atoms with E-state index in [2.05, 4.69) is 46.8 Å². The minimum atomic E-state index is 0. The number of nitrogens with zero attached hydrogens (tertiary/aromatic N) is 2. The van der Waals surface area contributed by atoms with E-state index in [4.69, 9.17) is 0 Å². The first kappa shape index (κ1) is 20.7.